The summed E-state index contributed by atoms with van der Waals surface area (Å²) in [5.41, 5.74) is 5.17. The van der Waals surface area contributed by atoms with Crippen molar-refractivity contribution in [1.82, 2.24) is 5.32 Å². The van der Waals surface area contributed by atoms with E-state index in [-0.39, 0.29) is 18.5 Å². The van der Waals surface area contributed by atoms with Crippen molar-refractivity contribution in [2.45, 2.75) is 12.5 Å². The van der Waals surface area contributed by atoms with E-state index >= 15 is 0 Å². The highest BCUT2D eigenvalue weighted by Crippen LogP contribution is 2.24. The molecule has 0 aromatic carbocycles. The molecular formula is C12H14N2OS2. The molecule has 90 valence electrons. The molecule has 0 aliphatic rings. The molecule has 2 heterocycles. The molecule has 2 aromatic heterocycles. The van der Waals surface area contributed by atoms with E-state index in [1.54, 1.807) is 22.7 Å². The molecule has 1 atom stereocenters. The Hall–Kier alpha value is -1.17. The first-order valence-corrected chi connectivity index (χ1v) is 7.09. The summed E-state index contributed by atoms with van der Waals surface area (Å²) in [5.74, 6) is -0.322. The number of hydrogen-bond acceptors (Lipinski definition) is 4. The lowest BCUT2D eigenvalue weighted by Crippen LogP contribution is -2.32. The van der Waals surface area contributed by atoms with Gasteiger partial charge in [-0.05, 0) is 22.9 Å². The maximum Gasteiger partial charge on any atom is 0.231 e. The molecule has 0 spiro atoms. The van der Waals surface area contributed by atoms with Crippen LogP contribution < -0.4 is 11.1 Å². The molecule has 2 rings (SSSR count). The summed E-state index contributed by atoms with van der Waals surface area (Å²) in [4.78, 5) is 13.4. The number of rotatable bonds is 6. The second kappa shape index (κ2) is 5.95. The van der Waals surface area contributed by atoms with Crippen molar-refractivity contribution in [3.63, 3.8) is 0 Å². The highest BCUT2D eigenvalue weighted by molar-refractivity contribution is 7.10. The van der Waals surface area contributed by atoms with Gasteiger partial charge in [-0.15, -0.1) is 22.7 Å². The smallest absolute Gasteiger partial charge is 0.231 e. The Balaban J connectivity index is 2.04. The van der Waals surface area contributed by atoms with Crippen LogP contribution >= 0.6 is 22.7 Å². The van der Waals surface area contributed by atoms with Crippen LogP contribution in [0.25, 0.3) is 0 Å². The highest BCUT2D eigenvalue weighted by atomic mass is 32.1. The van der Waals surface area contributed by atoms with Crippen molar-refractivity contribution < 1.29 is 4.79 Å². The fourth-order valence-electron chi connectivity index (χ4n) is 1.62. The highest BCUT2D eigenvalue weighted by Gasteiger charge is 2.14. The van der Waals surface area contributed by atoms with Gasteiger partial charge in [0.25, 0.3) is 0 Å². The zero-order valence-electron chi connectivity index (χ0n) is 9.26. The van der Waals surface area contributed by atoms with Gasteiger partial charge < -0.3 is 11.1 Å². The van der Waals surface area contributed by atoms with E-state index in [0.717, 1.165) is 6.42 Å². The molecule has 0 saturated carbocycles. The summed E-state index contributed by atoms with van der Waals surface area (Å²) < 4.78 is 0. The van der Waals surface area contributed by atoms with Gasteiger partial charge in [0.15, 0.2) is 0 Å². The van der Waals surface area contributed by atoms with E-state index in [0.29, 0.717) is 0 Å². The SMILES string of the molecule is NC(=O)CNC(Cc1cccs1)c1cccs1. The minimum atomic E-state index is -0.322. The molecule has 0 fully saturated rings. The number of primary amides is 1. The lowest BCUT2D eigenvalue weighted by atomic mass is 10.1. The van der Waals surface area contributed by atoms with Crippen molar-refractivity contribution in [3.05, 3.63) is 44.8 Å². The summed E-state index contributed by atoms with van der Waals surface area (Å²) in [6, 6.07) is 8.42. The first-order chi connectivity index (χ1) is 8.25. The number of nitrogens with one attached hydrogen (secondary N) is 1. The molecule has 5 heteroatoms. The van der Waals surface area contributed by atoms with Crippen LogP contribution in [-0.4, -0.2) is 12.5 Å². The van der Waals surface area contributed by atoms with Crippen LogP contribution in [0.15, 0.2) is 35.0 Å². The molecule has 3 nitrogen and oxygen atoms in total. The van der Waals surface area contributed by atoms with E-state index in [1.807, 2.05) is 17.5 Å². The molecule has 0 bridgehead atoms. The van der Waals surface area contributed by atoms with E-state index in [2.05, 4.69) is 22.8 Å². The number of thiophene rings is 2. The lowest BCUT2D eigenvalue weighted by molar-refractivity contribution is -0.117. The van der Waals surface area contributed by atoms with Crippen LogP contribution in [-0.2, 0) is 11.2 Å². The molecule has 3 N–H and O–H groups in total. The molecule has 0 aliphatic heterocycles. The Labute approximate surface area is 108 Å². The summed E-state index contributed by atoms with van der Waals surface area (Å²) in [6.07, 6.45) is 0.894. The normalized spacial score (nSPS) is 12.5. The molecule has 0 radical (unpaired) electrons. The van der Waals surface area contributed by atoms with Gasteiger partial charge in [-0.3, -0.25) is 4.79 Å². The van der Waals surface area contributed by atoms with E-state index < -0.39 is 0 Å². The average molecular weight is 266 g/mol. The monoisotopic (exact) mass is 266 g/mol. The fourth-order valence-corrected chi connectivity index (χ4v) is 3.17. The Morgan fingerprint density at radius 3 is 2.65 bits per heavy atom. The largest absolute Gasteiger partial charge is 0.369 e. The molecule has 1 amide bonds. The minimum absolute atomic E-state index is 0.168. The van der Waals surface area contributed by atoms with Crippen LogP contribution in [0.3, 0.4) is 0 Å². The van der Waals surface area contributed by atoms with Gasteiger partial charge in [0.2, 0.25) is 5.91 Å². The van der Waals surface area contributed by atoms with E-state index in [9.17, 15) is 4.79 Å². The number of amides is 1. The summed E-state index contributed by atoms with van der Waals surface area (Å²) >= 11 is 3.43. The molecule has 2 aromatic rings. The topological polar surface area (TPSA) is 55.1 Å². The summed E-state index contributed by atoms with van der Waals surface area (Å²) in [7, 11) is 0. The quantitative estimate of drug-likeness (QED) is 0.842. The molecule has 1 unspecified atom stereocenters. The second-order valence-corrected chi connectivity index (χ2v) is 5.71. The van der Waals surface area contributed by atoms with Crippen LogP contribution in [0.1, 0.15) is 15.8 Å². The van der Waals surface area contributed by atoms with E-state index in [1.165, 1.54) is 9.75 Å². The van der Waals surface area contributed by atoms with Crippen LogP contribution in [0, 0.1) is 0 Å². The Morgan fingerprint density at radius 2 is 2.06 bits per heavy atom. The zero-order valence-corrected chi connectivity index (χ0v) is 10.9. The third-order valence-corrected chi connectivity index (χ3v) is 4.28. The summed E-state index contributed by atoms with van der Waals surface area (Å²) in [5, 5.41) is 7.31. The van der Waals surface area contributed by atoms with Crippen LogP contribution in [0.4, 0.5) is 0 Å². The van der Waals surface area contributed by atoms with Gasteiger partial charge in [0.1, 0.15) is 0 Å². The maximum atomic E-state index is 10.8. The first-order valence-electron chi connectivity index (χ1n) is 5.33. The first kappa shape index (κ1) is 12.3. The maximum absolute atomic E-state index is 10.8. The molecule has 0 aliphatic carbocycles. The van der Waals surface area contributed by atoms with Crippen molar-refractivity contribution in [1.29, 1.82) is 0 Å². The van der Waals surface area contributed by atoms with E-state index in [4.69, 9.17) is 5.73 Å². The van der Waals surface area contributed by atoms with Gasteiger partial charge in [0, 0.05) is 22.2 Å². The van der Waals surface area contributed by atoms with Gasteiger partial charge in [-0.1, -0.05) is 12.1 Å². The average Bonchev–Trinajstić information content (AvgIpc) is 2.96. The van der Waals surface area contributed by atoms with Gasteiger partial charge in [-0.2, -0.15) is 0 Å². The second-order valence-electron chi connectivity index (χ2n) is 3.70. The number of hydrogen-bond donors (Lipinski definition) is 2. The van der Waals surface area contributed by atoms with Crippen molar-refractivity contribution in [3.8, 4) is 0 Å². The predicted octanol–water partition coefficient (Wildman–Crippen LogP) is 2.17. The third kappa shape index (κ3) is 3.66. The van der Waals surface area contributed by atoms with Gasteiger partial charge in [-0.25, -0.2) is 0 Å². The van der Waals surface area contributed by atoms with Crippen molar-refractivity contribution in [2.75, 3.05) is 6.54 Å². The molecular weight excluding hydrogens is 252 g/mol. The van der Waals surface area contributed by atoms with Crippen LogP contribution in [0.2, 0.25) is 0 Å². The standard InChI is InChI=1S/C12H14N2OS2/c13-12(15)8-14-10(11-4-2-6-17-11)7-9-3-1-5-16-9/h1-6,10,14H,7-8H2,(H2,13,15). The number of nitrogens with two attached hydrogens (primary N) is 1. The Bertz CT molecular complexity index is 451. The van der Waals surface area contributed by atoms with Gasteiger partial charge >= 0.3 is 0 Å². The molecule has 17 heavy (non-hydrogen) atoms. The van der Waals surface area contributed by atoms with Gasteiger partial charge in [0.05, 0.1) is 6.54 Å². The summed E-state index contributed by atoms with van der Waals surface area (Å²) in [6.45, 7) is 0.216. The third-order valence-electron chi connectivity index (χ3n) is 2.39. The minimum Gasteiger partial charge on any atom is -0.369 e. The Kier molecular flexibility index (Phi) is 4.30. The number of carbonyl (C=O) groups is 1. The lowest BCUT2D eigenvalue weighted by Gasteiger charge is -2.15. The van der Waals surface area contributed by atoms with Crippen LogP contribution in [0.5, 0.6) is 0 Å². The fraction of sp³-hybridized carbons (Fsp3) is 0.250. The molecule has 0 saturated heterocycles. The zero-order chi connectivity index (χ0) is 12.1. The predicted molar refractivity (Wildman–Crippen MR) is 72.3 cm³/mol. The van der Waals surface area contributed by atoms with Crippen molar-refractivity contribution in [2.24, 2.45) is 5.73 Å². The number of carbonyl (C=O) groups excluding carboxylic acids is 1. The van der Waals surface area contributed by atoms with Crippen molar-refractivity contribution >= 4 is 28.6 Å². The Morgan fingerprint density at radius 1 is 1.29 bits per heavy atom.